The number of nitrogens with zero attached hydrogens (tertiary/aromatic N) is 3. The molecule has 4 aromatic rings. The van der Waals surface area contributed by atoms with Crippen LogP contribution < -0.4 is 9.47 Å². The molecule has 0 saturated heterocycles. The first-order valence-electron chi connectivity index (χ1n) is 11.9. The quantitative estimate of drug-likeness (QED) is 0.148. The van der Waals surface area contributed by atoms with Crippen molar-refractivity contribution in [2.45, 2.75) is 18.8 Å². The average molecular weight is 589 g/mol. The van der Waals surface area contributed by atoms with E-state index in [1.807, 2.05) is 60.7 Å². The first-order valence-corrected chi connectivity index (χ1v) is 12.9. The van der Waals surface area contributed by atoms with Gasteiger partial charge in [-0.2, -0.15) is 5.26 Å². The predicted molar refractivity (Wildman–Crippen MR) is 162 cm³/mol. The molecule has 0 aliphatic rings. The number of thioether (sulfide) groups is 1. The molecule has 0 spiro atoms. The highest BCUT2D eigenvalue weighted by Crippen LogP contribution is 2.27. The third-order valence-corrected chi connectivity index (χ3v) is 6.87. The lowest BCUT2D eigenvalue weighted by Crippen LogP contribution is -2.28. The fraction of sp³-hybridized carbons (Fsp3) is 0.161. The summed E-state index contributed by atoms with van der Waals surface area (Å²) in [5, 5.41) is 10.5. The molecule has 0 unspecified atom stereocenters. The van der Waals surface area contributed by atoms with Crippen LogP contribution in [0.15, 0.2) is 108 Å². The molecular formula is C31H30BrN3O2S. The van der Waals surface area contributed by atoms with Crippen LogP contribution in [0.2, 0.25) is 0 Å². The lowest BCUT2D eigenvalue weighted by atomic mass is 10.1. The lowest BCUT2D eigenvalue weighted by molar-refractivity contribution is 0.405. The highest BCUT2D eigenvalue weighted by molar-refractivity contribution is 8.93. The lowest BCUT2D eigenvalue weighted by Gasteiger charge is -2.26. The van der Waals surface area contributed by atoms with Gasteiger partial charge >= 0.3 is 0 Å². The van der Waals surface area contributed by atoms with E-state index in [0.29, 0.717) is 24.3 Å². The van der Waals surface area contributed by atoms with E-state index in [1.165, 1.54) is 5.56 Å². The van der Waals surface area contributed by atoms with Gasteiger partial charge in [-0.15, -0.1) is 17.0 Å². The molecule has 4 rings (SSSR count). The standard InChI is InChI=1S/C31H29N3O2S.BrH/c1-35-28-16-12-24(13-17-28)21-34(22-25-14-18-29(36-2)19-15-25)31(37-23-26-8-4-3-5-9-26)33-30-11-7-6-10-27(30)20-32;/h3-19H,21-23H2,1-2H3;1H. The van der Waals surface area contributed by atoms with Gasteiger partial charge in [0.15, 0.2) is 5.17 Å². The highest BCUT2D eigenvalue weighted by Gasteiger charge is 2.16. The Morgan fingerprint density at radius 2 is 1.26 bits per heavy atom. The van der Waals surface area contributed by atoms with Gasteiger partial charge in [0.2, 0.25) is 0 Å². The largest absolute Gasteiger partial charge is 0.497 e. The number of amidine groups is 1. The molecule has 194 valence electrons. The first-order chi connectivity index (χ1) is 18.2. The Morgan fingerprint density at radius 3 is 1.79 bits per heavy atom. The molecule has 0 N–H and O–H groups in total. The summed E-state index contributed by atoms with van der Waals surface area (Å²) in [6, 6.07) is 36.3. The van der Waals surface area contributed by atoms with Gasteiger partial charge in [-0.05, 0) is 53.1 Å². The van der Waals surface area contributed by atoms with E-state index in [-0.39, 0.29) is 17.0 Å². The van der Waals surface area contributed by atoms with Crippen molar-refractivity contribution in [1.29, 1.82) is 5.26 Å². The molecule has 0 aliphatic heterocycles. The number of halogens is 1. The van der Waals surface area contributed by atoms with E-state index in [0.717, 1.165) is 33.5 Å². The molecule has 0 atom stereocenters. The number of nitriles is 1. The van der Waals surface area contributed by atoms with Crippen LogP contribution in [0.1, 0.15) is 22.3 Å². The Labute approximate surface area is 239 Å². The maximum atomic E-state index is 9.68. The number of benzene rings is 4. The molecule has 38 heavy (non-hydrogen) atoms. The smallest absolute Gasteiger partial charge is 0.165 e. The number of aliphatic imine (C=N–C) groups is 1. The van der Waals surface area contributed by atoms with Crippen LogP contribution in [-0.4, -0.2) is 24.3 Å². The monoisotopic (exact) mass is 587 g/mol. The number of para-hydroxylation sites is 1. The summed E-state index contributed by atoms with van der Waals surface area (Å²) in [7, 11) is 3.34. The van der Waals surface area contributed by atoms with E-state index in [2.05, 4.69) is 47.4 Å². The normalized spacial score (nSPS) is 10.7. The Kier molecular flexibility index (Phi) is 11.3. The summed E-state index contributed by atoms with van der Waals surface area (Å²) in [5.74, 6) is 2.40. The van der Waals surface area contributed by atoms with Crippen molar-refractivity contribution < 1.29 is 9.47 Å². The molecule has 0 aromatic heterocycles. The number of hydrogen-bond donors (Lipinski definition) is 0. The molecule has 0 saturated carbocycles. The van der Waals surface area contributed by atoms with Crippen LogP contribution in [-0.2, 0) is 18.8 Å². The van der Waals surface area contributed by atoms with E-state index in [4.69, 9.17) is 14.5 Å². The summed E-state index contributed by atoms with van der Waals surface area (Å²) in [4.78, 5) is 7.29. The van der Waals surface area contributed by atoms with Crippen molar-refractivity contribution in [3.8, 4) is 17.6 Å². The molecule has 0 bridgehead atoms. The van der Waals surface area contributed by atoms with Crippen LogP contribution >= 0.6 is 28.7 Å². The zero-order chi connectivity index (χ0) is 25.9. The van der Waals surface area contributed by atoms with Gasteiger partial charge in [0.05, 0.1) is 25.5 Å². The average Bonchev–Trinajstić information content (AvgIpc) is 2.96. The molecule has 0 amide bonds. The summed E-state index contributed by atoms with van der Waals surface area (Å²) < 4.78 is 10.7. The van der Waals surface area contributed by atoms with Crippen molar-refractivity contribution in [3.05, 3.63) is 125 Å². The van der Waals surface area contributed by atoms with Crippen LogP contribution in [0, 0.1) is 11.3 Å². The Morgan fingerprint density at radius 1 is 0.737 bits per heavy atom. The maximum absolute atomic E-state index is 9.68. The predicted octanol–water partition coefficient (Wildman–Crippen LogP) is 7.78. The zero-order valence-corrected chi connectivity index (χ0v) is 23.9. The minimum atomic E-state index is 0. The van der Waals surface area contributed by atoms with Crippen LogP contribution in [0.5, 0.6) is 11.5 Å². The molecule has 0 heterocycles. The maximum Gasteiger partial charge on any atom is 0.165 e. The van der Waals surface area contributed by atoms with Gasteiger partial charge < -0.3 is 14.4 Å². The van der Waals surface area contributed by atoms with E-state index in [9.17, 15) is 5.26 Å². The van der Waals surface area contributed by atoms with Crippen molar-refractivity contribution >= 4 is 39.6 Å². The van der Waals surface area contributed by atoms with Crippen molar-refractivity contribution in [1.82, 2.24) is 4.90 Å². The number of methoxy groups -OCH3 is 2. The fourth-order valence-corrected chi connectivity index (χ4v) is 4.74. The van der Waals surface area contributed by atoms with Crippen molar-refractivity contribution in [2.75, 3.05) is 14.2 Å². The third-order valence-electron chi connectivity index (χ3n) is 5.79. The summed E-state index contributed by atoms with van der Waals surface area (Å²) in [5.41, 5.74) is 4.69. The summed E-state index contributed by atoms with van der Waals surface area (Å²) in [6.07, 6.45) is 0. The van der Waals surface area contributed by atoms with Gasteiger partial charge in [-0.3, -0.25) is 0 Å². The third kappa shape index (κ3) is 8.14. The Bertz CT molecular complexity index is 1310. The molecule has 4 aromatic carbocycles. The van der Waals surface area contributed by atoms with E-state index >= 15 is 0 Å². The van der Waals surface area contributed by atoms with Gasteiger partial charge in [0, 0.05) is 18.8 Å². The highest BCUT2D eigenvalue weighted by atomic mass is 79.9. The second-order valence-electron chi connectivity index (χ2n) is 8.35. The first kappa shape index (κ1) is 28.8. The van der Waals surface area contributed by atoms with E-state index < -0.39 is 0 Å². The molecule has 0 radical (unpaired) electrons. The SMILES string of the molecule is Br.COc1ccc(CN(Cc2ccc(OC)cc2)C(=Nc2ccccc2C#N)SCc2ccccc2)cc1. The summed E-state index contributed by atoms with van der Waals surface area (Å²) in [6.45, 7) is 1.29. The fourth-order valence-electron chi connectivity index (χ4n) is 3.78. The topological polar surface area (TPSA) is 57.9 Å². The van der Waals surface area contributed by atoms with E-state index in [1.54, 1.807) is 32.0 Å². The summed E-state index contributed by atoms with van der Waals surface area (Å²) >= 11 is 1.67. The number of ether oxygens (including phenoxy) is 2. The molecular weight excluding hydrogens is 558 g/mol. The number of rotatable bonds is 9. The minimum Gasteiger partial charge on any atom is -0.497 e. The molecule has 7 heteroatoms. The van der Waals surface area contributed by atoms with Crippen molar-refractivity contribution in [3.63, 3.8) is 0 Å². The molecule has 5 nitrogen and oxygen atoms in total. The van der Waals surface area contributed by atoms with Gasteiger partial charge in [-0.1, -0.05) is 78.5 Å². The van der Waals surface area contributed by atoms with Gasteiger partial charge in [0.1, 0.15) is 17.6 Å². The van der Waals surface area contributed by atoms with Crippen LogP contribution in [0.3, 0.4) is 0 Å². The Hall–Kier alpha value is -3.73. The van der Waals surface area contributed by atoms with Crippen molar-refractivity contribution in [2.24, 2.45) is 4.99 Å². The van der Waals surface area contributed by atoms with Crippen LogP contribution in [0.4, 0.5) is 5.69 Å². The second kappa shape index (κ2) is 14.9. The number of hydrogen-bond acceptors (Lipinski definition) is 5. The Balaban J connectivity index is 0.00000400. The molecule has 0 fully saturated rings. The second-order valence-corrected chi connectivity index (χ2v) is 9.29. The zero-order valence-electron chi connectivity index (χ0n) is 21.4. The molecule has 0 aliphatic carbocycles. The van der Waals surface area contributed by atoms with Gasteiger partial charge in [0.25, 0.3) is 0 Å². The minimum absolute atomic E-state index is 0. The van der Waals surface area contributed by atoms with Gasteiger partial charge in [-0.25, -0.2) is 4.99 Å². The van der Waals surface area contributed by atoms with Crippen LogP contribution in [0.25, 0.3) is 0 Å².